The first kappa shape index (κ1) is 19.9. The smallest absolute Gasteiger partial charge is 0.254 e. The second-order valence-electron chi connectivity index (χ2n) is 8.54. The third-order valence-electron chi connectivity index (χ3n) is 6.37. The largest absolute Gasteiger partial charge is 0.373 e. The fourth-order valence-corrected chi connectivity index (χ4v) is 4.62. The van der Waals surface area contributed by atoms with Crippen LogP contribution in [-0.2, 0) is 4.74 Å². The topological polar surface area (TPSA) is 61.8 Å². The molecule has 7 heteroatoms. The fraction of sp³-hybridized carbons (Fsp3) is 0.375. The first-order valence-corrected chi connectivity index (χ1v) is 10.7. The van der Waals surface area contributed by atoms with Crippen LogP contribution >= 0.6 is 0 Å². The molecule has 5 rings (SSSR count). The van der Waals surface area contributed by atoms with Gasteiger partial charge >= 0.3 is 0 Å². The minimum absolute atomic E-state index is 0.0633. The van der Waals surface area contributed by atoms with Gasteiger partial charge in [-0.15, -0.1) is 0 Å². The highest BCUT2D eigenvalue weighted by atomic mass is 16.5. The molecule has 1 aromatic heterocycles. The molecule has 0 N–H and O–H groups in total. The van der Waals surface area contributed by atoms with Crippen molar-refractivity contribution in [3.8, 4) is 11.1 Å². The highest BCUT2D eigenvalue weighted by molar-refractivity contribution is 6.11. The van der Waals surface area contributed by atoms with Gasteiger partial charge in [-0.25, -0.2) is 9.97 Å². The summed E-state index contributed by atoms with van der Waals surface area (Å²) in [5.74, 6) is 0.732. The molecular weight excluding hydrogens is 390 g/mol. The van der Waals surface area contributed by atoms with Crippen LogP contribution in [0.15, 0.2) is 48.8 Å². The van der Waals surface area contributed by atoms with E-state index in [1.54, 1.807) is 0 Å². The monoisotopic (exact) mass is 417 g/mol. The number of likely N-dealkylation sites (tertiary alicyclic amines) is 1. The Balaban J connectivity index is 1.50. The minimum atomic E-state index is 0.0633. The molecule has 0 aliphatic carbocycles. The number of hydrogen-bond acceptors (Lipinski definition) is 6. The lowest BCUT2D eigenvalue weighted by Crippen LogP contribution is -2.48. The van der Waals surface area contributed by atoms with Gasteiger partial charge < -0.3 is 14.5 Å². The van der Waals surface area contributed by atoms with Gasteiger partial charge in [-0.2, -0.15) is 0 Å². The van der Waals surface area contributed by atoms with Crippen molar-refractivity contribution >= 4 is 22.6 Å². The second kappa shape index (κ2) is 7.90. The summed E-state index contributed by atoms with van der Waals surface area (Å²) in [6, 6.07) is 12.3. The standard InChI is InChI=1S/C24H27N5O2/c1-27(2)24-25-12-16(13-26-24)17-8-9-20(19-7-5-4-6-18(17)19)23(30)29-14-21-22(15-29)31-11-10-28(21)3/h4-9,12-13,21-22H,10-11,14-15H2,1-3H3/t21-,22-/m0/s1. The van der Waals surface area contributed by atoms with Gasteiger partial charge in [0, 0.05) is 57.3 Å². The summed E-state index contributed by atoms with van der Waals surface area (Å²) in [5, 5.41) is 1.98. The van der Waals surface area contributed by atoms with Crippen molar-refractivity contribution in [2.75, 3.05) is 52.3 Å². The number of amides is 1. The van der Waals surface area contributed by atoms with Crippen LogP contribution in [0.4, 0.5) is 5.95 Å². The zero-order valence-corrected chi connectivity index (χ0v) is 18.2. The summed E-state index contributed by atoms with van der Waals surface area (Å²) < 4.78 is 5.93. The number of rotatable bonds is 3. The number of ether oxygens (including phenoxy) is 1. The van der Waals surface area contributed by atoms with E-state index in [1.165, 1.54) is 0 Å². The average Bonchev–Trinajstić information content (AvgIpc) is 3.24. The molecule has 2 aliphatic rings. The zero-order chi connectivity index (χ0) is 21.5. The zero-order valence-electron chi connectivity index (χ0n) is 18.2. The SMILES string of the molecule is CN(C)c1ncc(-c2ccc(C(=O)N3C[C@@H]4OCCN(C)[C@H]4C3)c3ccccc23)cn1. The molecular formula is C24H27N5O2. The van der Waals surface area contributed by atoms with Crippen LogP contribution in [0.25, 0.3) is 21.9 Å². The Hall–Kier alpha value is -3.03. The van der Waals surface area contributed by atoms with E-state index in [1.807, 2.05) is 66.6 Å². The van der Waals surface area contributed by atoms with Crippen LogP contribution in [0, 0.1) is 0 Å². The predicted molar refractivity (Wildman–Crippen MR) is 121 cm³/mol. The lowest BCUT2D eigenvalue weighted by molar-refractivity contribution is -0.0368. The summed E-state index contributed by atoms with van der Waals surface area (Å²) in [7, 11) is 5.95. The molecule has 2 aromatic carbocycles. The van der Waals surface area contributed by atoms with E-state index in [9.17, 15) is 4.79 Å². The number of benzene rings is 2. The lowest BCUT2D eigenvalue weighted by atomic mass is 9.96. The van der Waals surface area contributed by atoms with E-state index in [-0.39, 0.29) is 18.1 Å². The maximum Gasteiger partial charge on any atom is 0.254 e. The molecule has 0 spiro atoms. The summed E-state index contributed by atoms with van der Waals surface area (Å²) in [6.45, 7) is 2.99. The van der Waals surface area contributed by atoms with E-state index < -0.39 is 0 Å². The Morgan fingerprint density at radius 2 is 1.81 bits per heavy atom. The van der Waals surface area contributed by atoms with Gasteiger partial charge in [-0.05, 0) is 29.4 Å². The molecule has 3 heterocycles. The molecule has 2 fully saturated rings. The molecule has 0 radical (unpaired) electrons. The second-order valence-corrected chi connectivity index (χ2v) is 8.54. The molecule has 160 valence electrons. The summed E-state index contributed by atoms with van der Waals surface area (Å²) in [6.07, 6.45) is 3.77. The Morgan fingerprint density at radius 1 is 1.06 bits per heavy atom. The van der Waals surface area contributed by atoms with Crippen LogP contribution in [-0.4, -0.2) is 85.2 Å². The molecule has 0 saturated carbocycles. The predicted octanol–water partition coefficient (Wildman–Crippen LogP) is 2.52. The number of nitrogens with zero attached hydrogens (tertiary/aromatic N) is 5. The summed E-state index contributed by atoms with van der Waals surface area (Å²) in [5.41, 5.74) is 2.69. The number of anilines is 1. The molecule has 31 heavy (non-hydrogen) atoms. The van der Waals surface area contributed by atoms with Crippen LogP contribution in [0.3, 0.4) is 0 Å². The first-order chi connectivity index (χ1) is 15.0. The number of carbonyl (C=O) groups is 1. The van der Waals surface area contributed by atoms with Crippen molar-refractivity contribution in [2.45, 2.75) is 12.1 Å². The minimum Gasteiger partial charge on any atom is -0.373 e. The fourth-order valence-electron chi connectivity index (χ4n) is 4.62. The summed E-state index contributed by atoms with van der Waals surface area (Å²) >= 11 is 0. The molecule has 3 aromatic rings. The third-order valence-corrected chi connectivity index (χ3v) is 6.37. The Bertz CT molecular complexity index is 1110. The van der Waals surface area contributed by atoms with E-state index in [0.29, 0.717) is 19.0 Å². The number of carbonyl (C=O) groups excluding carboxylic acids is 1. The average molecular weight is 418 g/mol. The maximum absolute atomic E-state index is 13.5. The van der Waals surface area contributed by atoms with Crippen molar-refractivity contribution in [3.05, 3.63) is 54.4 Å². The molecule has 1 amide bonds. The van der Waals surface area contributed by atoms with Crippen molar-refractivity contribution in [3.63, 3.8) is 0 Å². The number of aromatic nitrogens is 2. The van der Waals surface area contributed by atoms with Gasteiger partial charge in [0.25, 0.3) is 5.91 Å². The maximum atomic E-state index is 13.5. The molecule has 2 atom stereocenters. The highest BCUT2D eigenvalue weighted by Crippen LogP contribution is 2.32. The van der Waals surface area contributed by atoms with Gasteiger partial charge in [0.15, 0.2) is 0 Å². The number of hydrogen-bond donors (Lipinski definition) is 0. The molecule has 7 nitrogen and oxygen atoms in total. The van der Waals surface area contributed by atoms with E-state index in [4.69, 9.17) is 4.74 Å². The van der Waals surface area contributed by atoms with E-state index in [2.05, 4.69) is 28.0 Å². The van der Waals surface area contributed by atoms with Crippen molar-refractivity contribution in [1.29, 1.82) is 0 Å². The lowest BCUT2D eigenvalue weighted by Gasteiger charge is -2.33. The van der Waals surface area contributed by atoms with Crippen LogP contribution < -0.4 is 4.90 Å². The van der Waals surface area contributed by atoms with Gasteiger partial charge in [0.2, 0.25) is 5.95 Å². The van der Waals surface area contributed by atoms with Crippen molar-refractivity contribution in [2.24, 2.45) is 0 Å². The molecule has 2 aliphatic heterocycles. The summed E-state index contributed by atoms with van der Waals surface area (Å²) in [4.78, 5) is 28.5. The van der Waals surface area contributed by atoms with Crippen LogP contribution in [0.5, 0.6) is 0 Å². The third kappa shape index (κ3) is 3.54. The van der Waals surface area contributed by atoms with E-state index in [0.717, 1.165) is 40.6 Å². The number of morpholine rings is 1. The van der Waals surface area contributed by atoms with E-state index >= 15 is 0 Å². The molecule has 0 unspecified atom stereocenters. The quantitative estimate of drug-likeness (QED) is 0.653. The Kier molecular flexibility index (Phi) is 5.08. The highest BCUT2D eigenvalue weighted by Gasteiger charge is 2.40. The first-order valence-electron chi connectivity index (χ1n) is 10.7. The van der Waals surface area contributed by atoms with Gasteiger partial charge in [0.1, 0.15) is 0 Å². The van der Waals surface area contributed by atoms with Crippen LogP contribution in [0.1, 0.15) is 10.4 Å². The normalized spacial score (nSPS) is 21.3. The van der Waals surface area contributed by atoms with Crippen molar-refractivity contribution < 1.29 is 9.53 Å². The van der Waals surface area contributed by atoms with Gasteiger partial charge in [0.05, 0.1) is 18.8 Å². The number of likely N-dealkylation sites (N-methyl/N-ethyl adjacent to an activating group) is 1. The van der Waals surface area contributed by atoms with Crippen LogP contribution in [0.2, 0.25) is 0 Å². The Morgan fingerprint density at radius 3 is 2.52 bits per heavy atom. The molecule has 2 saturated heterocycles. The molecule has 0 bridgehead atoms. The Labute approximate surface area is 182 Å². The number of fused-ring (bicyclic) bond motifs is 2. The van der Waals surface area contributed by atoms with Gasteiger partial charge in [-0.3, -0.25) is 9.69 Å². The van der Waals surface area contributed by atoms with Gasteiger partial charge in [-0.1, -0.05) is 30.3 Å². The van der Waals surface area contributed by atoms with Crippen molar-refractivity contribution in [1.82, 2.24) is 19.8 Å².